The molecular weight excluding hydrogens is 234 g/mol. The number of nitrogen functional groups attached to an aromatic ring is 1. The normalized spacial score (nSPS) is 20.0. The number of hydrogen-bond acceptors (Lipinski definition) is 2. The van der Waals surface area contributed by atoms with Crippen molar-refractivity contribution in [2.45, 2.75) is 45.1 Å². The van der Waals surface area contributed by atoms with E-state index in [1.54, 1.807) is 0 Å². The largest absolute Gasteiger partial charge is 0.384 e. The molecule has 2 aromatic rings. The average molecular weight is 255 g/mol. The van der Waals surface area contributed by atoms with Crippen LogP contribution in [-0.2, 0) is 6.54 Å². The molecular formula is C16H21N3. The summed E-state index contributed by atoms with van der Waals surface area (Å²) in [6.07, 6.45) is 2.42. The van der Waals surface area contributed by atoms with E-state index in [1.807, 2.05) is 6.07 Å². The van der Waals surface area contributed by atoms with Crippen molar-refractivity contribution in [3.05, 3.63) is 47.4 Å². The van der Waals surface area contributed by atoms with E-state index in [-0.39, 0.29) is 5.92 Å². The Morgan fingerprint density at radius 2 is 2.05 bits per heavy atom. The molecule has 1 aliphatic heterocycles. The number of rotatable bonds is 2. The van der Waals surface area contributed by atoms with Gasteiger partial charge in [0.2, 0.25) is 0 Å². The molecule has 2 N–H and O–H groups in total. The number of nitrogens with two attached hydrogens (primary N) is 1. The molecule has 0 amide bonds. The lowest BCUT2D eigenvalue weighted by molar-refractivity contribution is 0.467. The van der Waals surface area contributed by atoms with E-state index >= 15 is 0 Å². The van der Waals surface area contributed by atoms with Crippen LogP contribution in [-0.4, -0.2) is 9.55 Å². The van der Waals surface area contributed by atoms with Crippen molar-refractivity contribution >= 4 is 5.82 Å². The standard InChI is InChI=1S/C16H21N3/c1-11-7-6-10-19-15(17)14(18-16(11)19)12(2)13-8-4-3-5-9-13/h3-5,8-9,11-12H,6-7,10,17H2,1-2H3. The molecule has 2 heterocycles. The van der Waals surface area contributed by atoms with E-state index in [4.69, 9.17) is 10.7 Å². The highest BCUT2D eigenvalue weighted by Gasteiger charge is 2.25. The van der Waals surface area contributed by atoms with Gasteiger partial charge in [0.25, 0.3) is 0 Å². The van der Waals surface area contributed by atoms with Gasteiger partial charge in [-0.15, -0.1) is 0 Å². The van der Waals surface area contributed by atoms with Crippen LogP contribution in [0.3, 0.4) is 0 Å². The molecule has 1 aromatic carbocycles. The van der Waals surface area contributed by atoms with Gasteiger partial charge in [-0.25, -0.2) is 4.98 Å². The Morgan fingerprint density at radius 1 is 1.32 bits per heavy atom. The van der Waals surface area contributed by atoms with Gasteiger partial charge in [-0.2, -0.15) is 0 Å². The predicted octanol–water partition coefficient (Wildman–Crippen LogP) is 3.51. The highest BCUT2D eigenvalue weighted by Crippen LogP contribution is 2.34. The smallest absolute Gasteiger partial charge is 0.127 e. The molecule has 1 aliphatic rings. The summed E-state index contributed by atoms with van der Waals surface area (Å²) < 4.78 is 2.21. The maximum atomic E-state index is 6.33. The van der Waals surface area contributed by atoms with E-state index in [2.05, 4.69) is 42.7 Å². The van der Waals surface area contributed by atoms with Crippen LogP contribution in [0.15, 0.2) is 30.3 Å². The molecule has 0 bridgehead atoms. The van der Waals surface area contributed by atoms with E-state index in [0.29, 0.717) is 5.92 Å². The van der Waals surface area contributed by atoms with Crippen LogP contribution in [0.25, 0.3) is 0 Å². The monoisotopic (exact) mass is 255 g/mol. The number of fused-ring (bicyclic) bond motifs is 1. The van der Waals surface area contributed by atoms with Crippen molar-refractivity contribution in [2.75, 3.05) is 5.73 Å². The summed E-state index contributed by atoms with van der Waals surface area (Å²) in [5, 5.41) is 0. The van der Waals surface area contributed by atoms with Crippen LogP contribution in [0, 0.1) is 0 Å². The number of aromatic nitrogens is 2. The fourth-order valence-corrected chi connectivity index (χ4v) is 3.02. The third-order valence-electron chi connectivity index (χ3n) is 4.23. The van der Waals surface area contributed by atoms with Crippen molar-refractivity contribution < 1.29 is 0 Å². The van der Waals surface area contributed by atoms with E-state index in [1.165, 1.54) is 24.2 Å². The molecule has 3 rings (SSSR count). The zero-order valence-electron chi connectivity index (χ0n) is 11.6. The van der Waals surface area contributed by atoms with Gasteiger partial charge >= 0.3 is 0 Å². The molecule has 0 saturated heterocycles. The number of hydrogen-bond donors (Lipinski definition) is 1. The number of nitrogens with zero attached hydrogens (tertiary/aromatic N) is 2. The molecule has 2 unspecified atom stereocenters. The van der Waals surface area contributed by atoms with E-state index in [0.717, 1.165) is 18.1 Å². The summed E-state index contributed by atoms with van der Waals surface area (Å²) in [5.41, 5.74) is 8.64. The van der Waals surface area contributed by atoms with Crippen LogP contribution in [0.4, 0.5) is 5.82 Å². The van der Waals surface area contributed by atoms with E-state index in [9.17, 15) is 0 Å². The van der Waals surface area contributed by atoms with Crippen LogP contribution in [0.5, 0.6) is 0 Å². The SMILES string of the molecule is CC1CCCn2c1nc(C(C)c1ccccc1)c2N. The molecule has 19 heavy (non-hydrogen) atoms. The Balaban J connectivity index is 2.02. The molecule has 100 valence electrons. The zero-order valence-corrected chi connectivity index (χ0v) is 11.6. The third kappa shape index (κ3) is 2.03. The second-order valence-electron chi connectivity index (χ2n) is 5.57. The topological polar surface area (TPSA) is 43.8 Å². The Kier molecular flexibility index (Phi) is 3.05. The van der Waals surface area contributed by atoms with Crippen LogP contribution >= 0.6 is 0 Å². The fraction of sp³-hybridized carbons (Fsp3) is 0.438. The van der Waals surface area contributed by atoms with Crippen LogP contribution < -0.4 is 5.73 Å². The lowest BCUT2D eigenvalue weighted by Gasteiger charge is -2.20. The maximum Gasteiger partial charge on any atom is 0.127 e. The lowest BCUT2D eigenvalue weighted by atomic mass is 9.98. The first-order valence-electron chi connectivity index (χ1n) is 7.09. The van der Waals surface area contributed by atoms with Gasteiger partial charge in [0.15, 0.2) is 0 Å². The van der Waals surface area contributed by atoms with Gasteiger partial charge in [-0.1, -0.05) is 44.2 Å². The maximum absolute atomic E-state index is 6.33. The fourth-order valence-electron chi connectivity index (χ4n) is 3.02. The van der Waals surface area contributed by atoms with Crippen LogP contribution in [0.1, 0.15) is 55.6 Å². The lowest BCUT2D eigenvalue weighted by Crippen LogP contribution is -2.15. The Bertz CT molecular complexity index is 571. The van der Waals surface area contributed by atoms with Crippen molar-refractivity contribution in [3.63, 3.8) is 0 Å². The Hall–Kier alpha value is -1.77. The van der Waals surface area contributed by atoms with Gasteiger partial charge in [-0.05, 0) is 18.4 Å². The highest BCUT2D eigenvalue weighted by molar-refractivity contribution is 5.45. The summed E-state index contributed by atoms with van der Waals surface area (Å²) in [6, 6.07) is 10.5. The molecule has 3 heteroatoms. The Labute approximate surface area is 114 Å². The third-order valence-corrected chi connectivity index (χ3v) is 4.23. The second kappa shape index (κ2) is 4.72. The highest BCUT2D eigenvalue weighted by atomic mass is 15.2. The van der Waals surface area contributed by atoms with Gasteiger partial charge in [-0.3, -0.25) is 0 Å². The molecule has 0 spiro atoms. The number of imidazole rings is 1. The van der Waals surface area contributed by atoms with Gasteiger partial charge in [0.05, 0.1) is 5.69 Å². The Morgan fingerprint density at radius 3 is 2.74 bits per heavy atom. The van der Waals surface area contributed by atoms with Gasteiger partial charge in [0.1, 0.15) is 11.6 Å². The van der Waals surface area contributed by atoms with E-state index < -0.39 is 0 Å². The first kappa shape index (κ1) is 12.3. The number of anilines is 1. The quantitative estimate of drug-likeness (QED) is 0.892. The summed E-state index contributed by atoms with van der Waals surface area (Å²) in [5.74, 6) is 2.80. The molecule has 0 saturated carbocycles. The summed E-state index contributed by atoms with van der Waals surface area (Å²) in [6.45, 7) is 5.44. The minimum absolute atomic E-state index is 0.256. The van der Waals surface area contributed by atoms with Crippen molar-refractivity contribution in [1.29, 1.82) is 0 Å². The van der Waals surface area contributed by atoms with Gasteiger partial charge < -0.3 is 10.3 Å². The summed E-state index contributed by atoms with van der Waals surface area (Å²) >= 11 is 0. The minimum Gasteiger partial charge on any atom is -0.384 e. The van der Waals surface area contributed by atoms with Crippen LogP contribution in [0.2, 0.25) is 0 Å². The average Bonchev–Trinajstić information content (AvgIpc) is 2.78. The van der Waals surface area contributed by atoms with Crippen molar-refractivity contribution in [2.24, 2.45) is 0 Å². The molecule has 0 fully saturated rings. The zero-order chi connectivity index (χ0) is 13.4. The molecule has 1 aromatic heterocycles. The first-order valence-corrected chi connectivity index (χ1v) is 7.09. The first-order chi connectivity index (χ1) is 9.18. The minimum atomic E-state index is 0.256. The van der Waals surface area contributed by atoms with Crippen molar-refractivity contribution in [1.82, 2.24) is 9.55 Å². The number of benzene rings is 1. The van der Waals surface area contributed by atoms with Crippen molar-refractivity contribution in [3.8, 4) is 0 Å². The predicted molar refractivity (Wildman–Crippen MR) is 78.2 cm³/mol. The van der Waals surface area contributed by atoms with Gasteiger partial charge in [0, 0.05) is 18.4 Å². The summed E-state index contributed by atoms with van der Waals surface area (Å²) in [4.78, 5) is 4.85. The summed E-state index contributed by atoms with van der Waals surface area (Å²) in [7, 11) is 0. The molecule has 0 radical (unpaired) electrons. The second-order valence-corrected chi connectivity index (χ2v) is 5.57. The molecule has 3 nitrogen and oxygen atoms in total. The molecule has 0 aliphatic carbocycles. The molecule has 2 atom stereocenters.